The number of aryl methyl sites for hydroxylation is 3. The number of nitrogens with zero attached hydrogens (tertiary/aromatic N) is 2. The number of carbonyl (C=O) groups is 1. The zero-order valence-electron chi connectivity index (χ0n) is 14.9. The second kappa shape index (κ2) is 8.05. The van der Waals surface area contributed by atoms with Crippen molar-refractivity contribution < 1.29 is 14.6 Å². The first-order chi connectivity index (χ1) is 12.5. The van der Waals surface area contributed by atoms with E-state index < -0.39 is 5.97 Å². The Morgan fingerprint density at radius 1 is 1.19 bits per heavy atom. The van der Waals surface area contributed by atoms with Gasteiger partial charge in [0.1, 0.15) is 21.4 Å². The number of aromatic carboxylic acids is 1. The lowest BCUT2D eigenvalue weighted by Crippen LogP contribution is -2.00. The molecule has 0 radical (unpaired) electrons. The van der Waals surface area contributed by atoms with Gasteiger partial charge in [-0.15, -0.1) is 23.1 Å². The van der Waals surface area contributed by atoms with Gasteiger partial charge in [0, 0.05) is 16.0 Å². The van der Waals surface area contributed by atoms with E-state index in [2.05, 4.69) is 23.8 Å². The summed E-state index contributed by atoms with van der Waals surface area (Å²) in [6, 6.07) is 6.47. The molecule has 2 aromatic heterocycles. The van der Waals surface area contributed by atoms with Crippen LogP contribution in [0.2, 0.25) is 0 Å². The molecule has 0 unspecified atom stereocenters. The lowest BCUT2D eigenvalue weighted by atomic mass is 10.2. The average molecular weight is 389 g/mol. The van der Waals surface area contributed by atoms with Crippen LogP contribution in [0.1, 0.15) is 33.0 Å². The molecular formula is C19H20N2O3S2. The lowest BCUT2D eigenvalue weighted by Gasteiger charge is -2.07. The van der Waals surface area contributed by atoms with Crippen molar-refractivity contribution in [3.63, 3.8) is 0 Å². The predicted octanol–water partition coefficient (Wildman–Crippen LogP) is 4.88. The van der Waals surface area contributed by atoms with E-state index in [1.54, 1.807) is 47.4 Å². The van der Waals surface area contributed by atoms with Crippen LogP contribution in [-0.4, -0.2) is 33.4 Å². The van der Waals surface area contributed by atoms with E-state index in [9.17, 15) is 4.79 Å². The van der Waals surface area contributed by atoms with Gasteiger partial charge in [0.2, 0.25) is 0 Å². The van der Waals surface area contributed by atoms with Crippen molar-refractivity contribution in [2.45, 2.75) is 32.2 Å². The maximum absolute atomic E-state index is 10.8. The zero-order chi connectivity index (χ0) is 18.7. The molecule has 2 heterocycles. The fraction of sp³-hybridized carbons (Fsp3) is 0.316. The van der Waals surface area contributed by atoms with Gasteiger partial charge in [0.05, 0.1) is 12.2 Å². The quantitative estimate of drug-likeness (QED) is 0.353. The van der Waals surface area contributed by atoms with Crippen LogP contribution in [0.25, 0.3) is 10.2 Å². The van der Waals surface area contributed by atoms with Gasteiger partial charge in [-0.3, -0.25) is 0 Å². The Morgan fingerprint density at radius 3 is 2.62 bits per heavy atom. The van der Waals surface area contributed by atoms with E-state index in [0.717, 1.165) is 27.9 Å². The summed E-state index contributed by atoms with van der Waals surface area (Å²) in [5.41, 5.74) is 1.53. The van der Waals surface area contributed by atoms with Crippen molar-refractivity contribution in [1.29, 1.82) is 0 Å². The van der Waals surface area contributed by atoms with Crippen LogP contribution in [0, 0.1) is 20.8 Å². The molecule has 0 spiro atoms. The molecule has 0 saturated heterocycles. The highest BCUT2D eigenvalue weighted by Crippen LogP contribution is 2.35. The summed E-state index contributed by atoms with van der Waals surface area (Å²) in [6.07, 6.45) is 0.873. The second-order valence-corrected chi connectivity index (χ2v) is 8.21. The summed E-state index contributed by atoms with van der Waals surface area (Å²) in [6.45, 7) is 6.75. The third kappa shape index (κ3) is 4.16. The number of benzene rings is 1. The van der Waals surface area contributed by atoms with Crippen LogP contribution in [0.3, 0.4) is 0 Å². The maximum Gasteiger partial charge on any atom is 0.335 e. The minimum atomic E-state index is -0.932. The number of carboxylic acids is 1. The third-order valence-corrected chi connectivity index (χ3v) is 6.17. The number of hydrogen-bond donors (Lipinski definition) is 1. The van der Waals surface area contributed by atoms with Crippen molar-refractivity contribution in [2.24, 2.45) is 0 Å². The molecule has 136 valence electrons. The Kier molecular flexibility index (Phi) is 5.78. The first kappa shape index (κ1) is 18.7. The van der Waals surface area contributed by atoms with E-state index >= 15 is 0 Å². The van der Waals surface area contributed by atoms with Gasteiger partial charge in [-0.2, -0.15) is 0 Å². The smallest absolute Gasteiger partial charge is 0.335 e. The molecule has 0 aliphatic rings. The number of thioether (sulfide) groups is 1. The third-order valence-electron chi connectivity index (χ3n) is 4.00. The first-order valence-corrected chi connectivity index (χ1v) is 10.1. The molecule has 0 aliphatic heterocycles. The van der Waals surface area contributed by atoms with E-state index in [0.29, 0.717) is 12.4 Å². The number of rotatable bonds is 7. The van der Waals surface area contributed by atoms with Gasteiger partial charge in [-0.25, -0.2) is 14.8 Å². The predicted molar refractivity (Wildman–Crippen MR) is 106 cm³/mol. The van der Waals surface area contributed by atoms with Gasteiger partial charge >= 0.3 is 5.97 Å². The summed E-state index contributed by atoms with van der Waals surface area (Å²) >= 11 is 3.45. The molecule has 3 rings (SSSR count). The number of ether oxygens (including phenoxy) is 1. The number of hydrogen-bond acceptors (Lipinski definition) is 6. The Labute approximate surface area is 160 Å². The zero-order valence-corrected chi connectivity index (χ0v) is 16.5. The molecular weight excluding hydrogens is 368 g/mol. The standard InChI is InChI=1S/C19H20N2O3S2/c1-11-12(2)26-18-16(11)17(20-13(3)21-18)25-10-4-9-24-15-7-5-14(6-8-15)19(22)23/h5-8H,4,9-10H2,1-3H3,(H,22,23). The number of aromatic nitrogens is 2. The van der Waals surface area contributed by atoms with Gasteiger partial charge in [-0.1, -0.05) is 0 Å². The fourth-order valence-corrected chi connectivity index (χ4v) is 4.72. The molecule has 0 amide bonds. The second-order valence-electron chi connectivity index (χ2n) is 5.92. The SMILES string of the molecule is Cc1nc(SCCCOc2ccc(C(=O)O)cc2)c2c(C)c(C)sc2n1. The molecule has 0 saturated carbocycles. The molecule has 0 fully saturated rings. The molecule has 1 N–H and O–H groups in total. The van der Waals surface area contributed by atoms with E-state index in [1.165, 1.54) is 15.8 Å². The minimum Gasteiger partial charge on any atom is -0.494 e. The molecule has 0 aliphatic carbocycles. The van der Waals surface area contributed by atoms with Crippen molar-refractivity contribution in [1.82, 2.24) is 9.97 Å². The topological polar surface area (TPSA) is 72.3 Å². The Bertz CT molecular complexity index is 936. The summed E-state index contributed by atoms with van der Waals surface area (Å²) in [5.74, 6) is 1.45. The van der Waals surface area contributed by atoms with Crippen molar-refractivity contribution in [2.75, 3.05) is 12.4 Å². The first-order valence-electron chi connectivity index (χ1n) is 8.29. The van der Waals surface area contributed by atoms with Crippen LogP contribution < -0.4 is 4.74 Å². The Hall–Kier alpha value is -2.12. The number of fused-ring (bicyclic) bond motifs is 1. The van der Waals surface area contributed by atoms with Crippen LogP contribution in [0.4, 0.5) is 0 Å². The largest absolute Gasteiger partial charge is 0.494 e. The highest BCUT2D eigenvalue weighted by atomic mass is 32.2. The number of thiophene rings is 1. The van der Waals surface area contributed by atoms with E-state index in [-0.39, 0.29) is 5.56 Å². The van der Waals surface area contributed by atoms with Gasteiger partial charge in [0.15, 0.2) is 0 Å². The molecule has 0 atom stereocenters. The lowest BCUT2D eigenvalue weighted by molar-refractivity contribution is 0.0697. The minimum absolute atomic E-state index is 0.262. The Morgan fingerprint density at radius 2 is 1.92 bits per heavy atom. The molecule has 3 aromatic rings. The summed E-state index contributed by atoms with van der Waals surface area (Å²) in [5, 5.41) is 11.1. The van der Waals surface area contributed by atoms with Crippen LogP contribution in [-0.2, 0) is 0 Å². The molecule has 26 heavy (non-hydrogen) atoms. The highest BCUT2D eigenvalue weighted by Gasteiger charge is 2.13. The van der Waals surface area contributed by atoms with Gasteiger partial charge < -0.3 is 9.84 Å². The van der Waals surface area contributed by atoms with E-state index in [4.69, 9.17) is 9.84 Å². The number of carboxylic acid groups (broad SMARTS) is 1. The van der Waals surface area contributed by atoms with Crippen LogP contribution in [0.5, 0.6) is 5.75 Å². The molecule has 1 aromatic carbocycles. The maximum atomic E-state index is 10.8. The van der Waals surface area contributed by atoms with Crippen LogP contribution >= 0.6 is 23.1 Å². The van der Waals surface area contributed by atoms with Gasteiger partial charge in [0.25, 0.3) is 0 Å². The Balaban J connectivity index is 1.55. The van der Waals surface area contributed by atoms with Crippen LogP contribution in [0.15, 0.2) is 29.3 Å². The fourth-order valence-electron chi connectivity index (χ4n) is 2.53. The van der Waals surface area contributed by atoms with Crippen molar-refractivity contribution in [3.8, 4) is 5.75 Å². The summed E-state index contributed by atoms with van der Waals surface area (Å²) in [7, 11) is 0. The monoisotopic (exact) mass is 388 g/mol. The molecule has 0 bridgehead atoms. The van der Waals surface area contributed by atoms with Crippen molar-refractivity contribution in [3.05, 3.63) is 46.1 Å². The normalized spacial score (nSPS) is 11.0. The molecule has 5 nitrogen and oxygen atoms in total. The summed E-state index contributed by atoms with van der Waals surface area (Å²) in [4.78, 5) is 22.4. The average Bonchev–Trinajstić information content (AvgIpc) is 2.89. The van der Waals surface area contributed by atoms with Crippen molar-refractivity contribution >= 4 is 39.3 Å². The summed E-state index contributed by atoms with van der Waals surface area (Å²) < 4.78 is 5.68. The van der Waals surface area contributed by atoms with Gasteiger partial charge in [-0.05, 0) is 57.0 Å². The molecule has 7 heteroatoms. The van der Waals surface area contributed by atoms with E-state index in [1.807, 2.05) is 6.92 Å². The highest BCUT2D eigenvalue weighted by molar-refractivity contribution is 7.99.